The van der Waals surface area contributed by atoms with Crippen molar-refractivity contribution >= 4 is 15.9 Å². The molecule has 0 spiro atoms. The lowest BCUT2D eigenvalue weighted by molar-refractivity contribution is -0.0333. The number of methoxy groups -OCH3 is 1. The van der Waals surface area contributed by atoms with Gasteiger partial charge in [-0.3, -0.25) is 0 Å². The zero-order valence-electron chi connectivity index (χ0n) is 9.63. The molecule has 1 aromatic carbocycles. The maximum absolute atomic E-state index is 5.76. The highest BCUT2D eigenvalue weighted by Gasteiger charge is 2.31. The monoisotopic (exact) mass is 283 g/mol. The van der Waals surface area contributed by atoms with Gasteiger partial charge in [-0.05, 0) is 43.6 Å². The van der Waals surface area contributed by atoms with Crippen molar-refractivity contribution in [2.45, 2.75) is 24.9 Å². The molecule has 0 bridgehead atoms. The first-order valence-electron chi connectivity index (χ1n) is 5.74. The van der Waals surface area contributed by atoms with Crippen LogP contribution in [0.5, 0.6) is 0 Å². The number of nitrogens with one attached hydrogen (secondary N) is 1. The third kappa shape index (κ3) is 2.84. The summed E-state index contributed by atoms with van der Waals surface area (Å²) in [5.41, 5.74) is 1.39. The van der Waals surface area contributed by atoms with E-state index >= 15 is 0 Å². The van der Waals surface area contributed by atoms with Crippen molar-refractivity contribution in [3.05, 3.63) is 34.3 Å². The maximum atomic E-state index is 5.76. The van der Waals surface area contributed by atoms with E-state index in [1.807, 2.05) is 7.11 Å². The first-order chi connectivity index (χ1) is 7.74. The minimum Gasteiger partial charge on any atom is -0.378 e. The van der Waals surface area contributed by atoms with Crippen molar-refractivity contribution < 1.29 is 4.74 Å². The number of rotatable bonds is 3. The fourth-order valence-corrected chi connectivity index (χ4v) is 2.57. The fourth-order valence-electron chi connectivity index (χ4n) is 2.31. The highest BCUT2D eigenvalue weighted by Crippen LogP contribution is 2.27. The van der Waals surface area contributed by atoms with E-state index in [9.17, 15) is 0 Å². The second-order valence-electron chi connectivity index (χ2n) is 4.44. The van der Waals surface area contributed by atoms with Crippen LogP contribution in [0.1, 0.15) is 18.4 Å². The molecule has 1 saturated heterocycles. The van der Waals surface area contributed by atoms with Crippen LogP contribution in [0, 0.1) is 0 Å². The van der Waals surface area contributed by atoms with E-state index in [0.29, 0.717) is 0 Å². The van der Waals surface area contributed by atoms with Crippen molar-refractivity contribution in [3.63, 3.8) is 0 Å². The van der Waals surface area contributed by atoms with Crippen molar-refractivity contribution in [2.75, 3.05) is 20.2 Å². The normalized spacial score (nSPS) is 19.6. The molecule has 0 atom stereocenters. The van der Waals surface area contributed by atoms with Crippen molar-refractivity contribution in [1.82, 2.24) is 5.32 Å². The highest BCUT2D eigenvalue weighted by molar-refractivity contribution is 9.10. The summed E-state index contributed by atoms with van der Waals surface area (Å²) in [6.07, 6.45) is 3.21. The molecule has 88 valence electrons. The van der Waals surface area contributed by atoms with Crippen LogP contribution >= 0.6 is 15.9 Å². The molecule has 2 rings (SSSR count). The van der Waals surface area contributed by atoms with E-state index < -0.39 is 0 Å². The van der Waals surface area contributed by atoms with E-state index in [4.69, 9.17) is 4.74 Å². The van der Waals surface area contributed by atoms with Crippen molar-refractivity contribution in [2.24, 2.45) is 0 Å². The maximum Gasteiger partial charge on any atom is 0.0743 e. The second-order valence-corrected chi connectivity index (χ2v) is 5.36. The summed E-state index contributed by atoms with van der Waals surface area (Å²) in [6.45, 7) is 2.12. The number of piperidine rings is 1. The Bertz CT molecular complexity index is 330. The summed E-state index contributed by atoms with van der Waals surface area (Å²) < 4.78 is 6.89. The van der Waals surface area contributed by atoms with Crippen molar-refractivity contribution in [1.29, 1.82) is 0 Å². The smallest absolute Gasteiger partial charge is 0.0743 e. The number of ether oxygens (including phenoxy) is 1. The van der Waals surface area contributed by atoms with Gasteiger partial charge in [0.1, 0.15) is 0 Å². The average Bonchev–Trinajstić information content (AvgIpc) is 2.33. The van der Waals surface area contributed by atoms with E-state index in [2.05, 4.69) is 45.5 Å². The predicted octanol–water partition coefficient (Wildman–Crippen LogP) is 2.76. The van der Waals surface area contributed by atoms with Gasteiger partial charge in [0, 0.05) is 18.0 Å². The molecule has 0 aromatic heterocycles. The third-order valence-electron chi connectivity index (χ3n) is 3.39. The quantitative estimate of drug-likeness (QED) is 0.921. The minimum atomic E-state index is 0.0408. The molecule has 0 unspecified atom stereocenters. The molecular formula is C13H18BrNO. The Labute approximate surface area is 106 Å². The van der Waals surface area contributed by atoms with Gasteiger partial charge in [0.2, 0.25) is 0 Å². The summed E-state index contributed by atoms with van der Waals surface area (Å²) in [5, 5.41) is 3.38. The van der Waals surface area contributed by atoms with E-state index in [-0.39, 0.29) is 5.60 Å². The van der Waals surface area contributed by atoms with Crippen LogP contribution in [0.2, 0.25) is 0 Å². The first-order valence-corrected chi connectivity index (χ1v) is 6.54. The van der Waals surface area contributed by atoms with Gasteiger partial charge in [-0.25, -0.2) is 0 Å². The largest absolute Gasteiger partial charge is 0.378 e. The van der Waals surface area contributed by atoms with Gasteiger partial charge in [0.25, 0.3) is 0 Å². The van der Waals surface area contributed by atoms with Gasteiger partial charge in [-0.15, -0.1) is 0 Å². The lowest BCUT2D eigenvalue weighted by Gasteiger charge is -2.36. The molecule has 1 aliphatic rings. The molecule has 0 aliphatic carbocycles. The molecule has 0 radical (unpaired) electrons. The lowest BCUT2D eigenvalue weighted by atomic mass is 9.86. The molecule has 1 fully saturated rings. The van der Waals surface area contributed by atoms with Gasteiger partial charge < -0.3 is 10.1 Å². The van der Waals surface area contributed by atoms with Crippen LogP contribution in [-0.4, -0.2) is 25.8 Å². The standard InChI is InChI=1S/C13H18BrNO/c1-16-13(6-8-15-9-7-13)10-11-2-4-12(14)5-3-11/h2-5,15H,6-10H2,1H3. The van der Waals surface area contributed by atoms with Gasteiger partial charge in [0.15, 0.2) is 0 Å². The lowest BCUT2D eigenvalue weighted by Crippen LogP contribution is -2.44. The van der Waals surface area contributed by atoms with Crippen LogP contribution in [-0.2, 0) is 11.2 Å². The number of benzene rings is 1. The molecule has 2 nitrogen and oxygen atoms in total. The Balaban J connectivity index is 2.08. The Hall–Kier alpha value is -0.380. The van der Waals surface area contributed by atoms with Crippen molar-refractivity contribution in [3.8, 4) is 0 Å². The van der Waals surface area contributed by atoms with Crippen LogP contribution < -0.4 is 5.32 Å². The molecular weight excluding hydrogens is 266 g/mol. The average molecular weight is 284 g/mol. The molecule has 1 aromatic rings. The molecule has 3 heteroatoms. The van der Waals surface area contributed by atoms with Crippen LogP contribution in [0.15, 0.2) is 28.7 Å². The molecule has 1 heterocycles. The van der Waals surface area contributed by atoms with Gasteiger partial charge in [0.05, 0.1) is 5.60 Å². The molecule has 1 aliphatic heterocycles. The molecule has 1 N–H and O–H groups in total. The van der Waals surface area contributed by atoms with Gasteiger partial charge in [-0.1, -0.05) is 28.1 Å². The van der Waals surface area contributed by atoms with Crippen LogP contribution in [0.25, 0.3) is 0 Å². The number of halogens is 1. The van der Waals surface area contributed by atoms with E-state index in [0.717, 1.165) is 36.8 Å². The van der Waals surface area contributed by atoms with Crippen LogP contribution in [0.4, 0.5) is 0 Å². The van der Waals surface area contributed by atoms with E-state index in [1.165, 1.54) is 5.56 Å². The molecule has 0 saturated carbocycles. The summed E-state index contributed by atoms with van der Waals surface area (Å²) in [6, 6.07) is 8.54. The minimum absolute atomic E-state index is 0.0408. The number of hydrogen-bond acceptors (Lipinski definition) is 2. The summed E-state index contributed by atoms with van der Waals surface area (Å²) >= 11 is 3.46. The number of hydrogen-bond donors (Lipinski definition) is 1. The van der Waals surface area contributed by atoms with E-state index in [1.54, 1.807) is 0 Å². The van der Waals surface area contributed by atoms with Crippen LogP contribution in [0.3, 0.4) is 0 Å². The Morgan fingerprint density at radius 1 is 1.25 bits per heavy atom. The SMILES string of the molecule is COC1(Cc2ccc(Br)cc2)CCNCC1. The van der Waals surface area contributed by atoms with Gasteiger partial charge in [-0.2, -0.15) is 0 Å². The third-order valence-corrected chi connectivity index (χ3v) is 3.92. The fraction of sp³-hybridized carbons (Fsp3) is 0.538. The predicted molar refractivity (Wildman–Crippen MR) is 69.7 cm³/mol. The highest BCUT2D eigenvalue weighted by atomic mass is 79.9. The van der Waals surface area contributed by atoms with Gasteiger partial charge >= 0.3 is 0 Å². The molecule has 0 amide bonds. The second kappa shape index (κ2) is 5.30. The Kier molecular flexibility index (Phi) is 4.00. The topological polar surface area (TPSA) is 21.3 Å². The Morgan fingerprint density at radius 2 is 1.88 bits per heavy atom. The zero-order valence-corrected chi connectivity index (χ0v) is 11.2. The molecule has 16 heavy (non-hydrogen) atoms. The zero-order chi connectivity index (χ0) is 11.4. The first kappa shape index (κ1) is 12.1. The summed E-state index contributed by atoms with van der Waals surface area (Å²) in [5.74, 6) is 0. The Morgan fingerprint density at radius 3 is 2.44 bits per heavy atom. The summed E-state index contributed by atoms with van der Waals surface area (Å²) in [4.78, 5) is 0. The summed E-state index contributed by atoms with van der Waals surface area (Å²) in [7, 11) is 1.84.